The van der Waals surface area contributed by atoms with E-state index >= 15 is 0 Å². The van der Waals surface area contributed by atoms with E-state index in [-0.39, 0.29) is 0 Å². The van der Waals surface area contributed by atoms with E-state index < -0.39 is 0 Å². The first-order chi connectivity index (χ1) is 6.62. The van der Waals surface area contributed by atoms with Gasteiger partial charge in [0, 0.05) is 0 Å². The van der Waals surface area contributed by atoms with Crippen LogP contribution < -0.4 is 5.73 Å². The summed E-state index contributed by atoms with van der Waals surface area (Å²) >= 11 is 0. The molecular formula is C12H26N2. The molecule has 1 rings (SSSR count). The Kier molecular flexibility index (Phi) is 4.39. The van der Waals surface area contributed by atoms with Gasteiger partial charge in [0.25, 0.3) is 0 Å². The minimum absolute atomic E-state index is 0.458. The molecule has 0 bridgehead atoms. The van der Waals surface area contributed by atoms with E-state index in [2.05, 4.69) is 25.7 Å². The highest BCUT2D eigenvalue weighted by atomic mass is 15.1. The summed E-state index contributed by atoms with van der Waals surface area (Å²) in [7, 11) is 0. The maximum Gasteiger partial charge on any atom is -0.00131 e. The van der Waals surface area contributed by atoms with Gasteiger partial charge in [-0.25, -0.2) is 0 Å². The molecule has 2 nitrogen and oxygen atoms in total. The van der Waals surface area contributed by atoms with Gasteiger partial charge in [0.15, 0.2) is 0 Å². The summed E-state index contributed by atoms with van der Waals surface area (Å²) in [5.74, 6) is 0.784. The molecule has 14 heavy (non-hydrogen) atoms. The minimum Gasteiger partial charge on any atom is -0.330 e. The molecule has 1 fully saturated rings. The van der Waals surface area contributed by atoms with Crippen LogP contribution >= 0.6 is 0 Å². The number of nitrogens with zero attached hydrogens (tertiary/aromatic N) is 1. The predicted molar refractivity (Wildman–Crippen MR) is 62.3 cm³/mol. The predicted octanol–water partition coefficient (Wildman–Crippen LogP) is 2.09. The Labute approximate surface area is 88.8 Å². The van der Waals surface area contributed by atoms with E-state index in [0.29, 0.717) is 5.41 Å². The maximum atomic E-state index is 5.95. The molecule has 2 N–H and O–H groups in total. The second kappa shape index (κ2) is 5.13. The summed E-state index contributed by atoms with van der Waals surface area (Å²) in [4.78, 5) is 2.54. The lowest BCUT2D eigenvalue weighted by Crippen LogP contribution is -2.44. The van der Waals surface area contributed by atoms with E-state index in [9.17, 15) is 0 Å². The smallest absolute Gasteiger partial charge is 0.00131 e. The minimum atomic E-state index is 0.458. The van der Waals surface area contributed by atoms with Gasteiger partial charge in [0.2, 0.25) is 0 Å². The van der Waals surface area contributed by atoms with Gasteiger partial charge in [-0.05, 0) is 56.8 Å². The van der Waals surface area contributed by atoms with Crippen LogP contribution in [0.2, 0.25) is 0 Å². The zero-order valence-electron chi connectivity index (χ0n) is 10.1. The van der Waals surface area contributed by atoms with E-state index in [0.717, 1.165) is 12.5 Å². The first-order valence-corrected chi connectivity index (χ1v) is 6.04. The first-order valence-electron chi connectivity index (χ1n) is 6.04. The summed E-state index contributed by atoms with van der Waals surface area (Å²) in [6, 6.07) is 0. The molecule has 1 aliphatic rings. The van der Waals surface area contributed by atoms with Crippen LogP contribution in [-0.4, -0.2) is 31.1 Å². The molecule has 2 heteroatoms. The molecule has 0 saturated carbocycles. The van der Waals surface area contributed by atoms with Gasteiger partial charge in [0.1, 0.15) is 0 Å². The van der Waals surface area contributed by atoms with Gasteiger partial charge in [0.05, 0.1) is 0 Å². The van der Waals surface area contributed by atoms with Crippen LogP contribution in [0.4, 0.5) is 0 Å². The fourth-order valence-electron chi connectivity index (χ4n) is 2.70. The van der Waals surface area contributed by atoms with Crippen LogP contribution in [0.1, 0.15) is 40.0 Å². The lowest BCUT2D eigenvalue weighted by molar-refractivity contribution is 0.0936. The van der Waals surface area contributed by atoms with Gasteiger partial charge in [-0.3, -0.25) is 0 Å². The Morgan fingerprint density at radius 3 is 2.21 bits per heavy atom. The average Bonchev–Trinajstić information content (AvgIpc) is 2.18. The van der Waals surface area contributed by atoms with Crippen molar-refractivity contribution in [2.24, 2.45) is 17.1 Å². The molecule has 0 atom stereocenters. The highest BCUT2D eigenvalue weighted by Crippen LogP contribution is 2.36. The third-order valence-corrected chi connectivity index (χ3v) is 3.64. The van der Waals surface area contributed by atoms with Gasteiger partial charge >= 0.3 is 0 Å². The van der Waals surface area contributed by atoms with Crippen molar-refractivity contribution in [3.8, 4) is 0 Å². The fraction of sp³-hybridized carbons (Fsp3) is 1.00. The molecule has 84 valence electrons. The van der Waals surface area contributed by atoms with E-state index in [1.54, 1.807) is 0 Å². The van der Waals surface area contributed by atoms with Crippen molar-refractivity contribution in [1.82, 2.24) is 4.90 Å². The molecular weight excluding hydrogens is 172 g/mol. The van der Waals surface area contributed by atoms with Gasteiger partial charge in [-0.2, -0.15) is 0 Å². The van der Waals surface area contributed by atoms with Crippen molar-refractivity contribution < 1.29 is 0 Å². The van der Waals surface area contributed by atoms with Crippen molar-refractivity contribution in [3.63, 3.8) is 0 Å². The SMILES string of the molecule is CCN1CCC(CN)(CC(C)C)CC1. The topological polar surface area (TPSA) is 29.3 Å². The van der Waals surface area contributed by atoms with Crippen LogP contribution in [0.25, 0.3) is 0 Å². The largest absolute Gasteiger partial charge is 0.330 e. The van der Waals surface area contributed by atoms with Crippen molar-refractivity contribution in [3.05, 3.63) is 0 Å². The quantitative estimate of drug-likeness (QED) is 0.749. The number of piperidine rings is 1. The fourth-order valence-corrected chi connectivity index (χ4v) is 2.70. The monoisotopic (exact) mass is 198 g/mol. The van der Waals surface area contributed by atoms with Crippen LogP contribution in [0.5, 0.6) is 0 Å². The van der Waals surface area contributed by atoms with Gasteiger partial charge < -0.3 is 10.6 Å². The number of nitrogens with two attached hydrogens (primary N) is 1. The molecule has 0 unspecified atom stereocenters. The maximum absolute atomic E-state index is 5.95. The molecule has 1 saturated heterocycles. The zero-order valence-corrected chi connectivity index (χ0v) is 10.1. The van der Waals surface area contributed by atoms with Crippen molar-refractivity contribution in [2.75, 3.05) is 26.2 Å². The van der Waals surface area contributed by atoms with Crippen LogP contribution in [0, 0.1) is 11.3 Å². The summed E-state index contributed by atoms with van der Waals surface area (Å²) in [6.45, 7) is 11.4. The second-order valence-electron chi connectivity index (χ2n) is 5.24. The number of likely N-dealkylation sites (tertiary alicyclic amines) is 1. The van der Waals surface area contributed by atoms with E-state index in [4.69, 9.17) is 5.73 Å². The summed E-state index contributed by atoms with van der Waals surface area (Å²) in [5, 5.41) is 0. The van der Waals surface area contributed by atoms with Gasteiger partial charge in [-0.15, -0.1) is 0 Å². The Bertz CT molecular complexity index is 158. The standard InChI is InChI=1S/C12H26N2/c1-4-14-7-5-12(10-13,6-8-14)9-11(2)3/h11H,4-10,13H2,1-3H3. The number of hydrogen-bond donors (Lipinski definition) is 1. The highest BCUT2D eigenvalue weighted by molar-refractivity contribution is 4.87. The molecule has 0 aromatic rings. The molecule has 0 spiro atoms. The number of hydrogen-bond acceptors (Lipinski definition) is 2. The summed E-state index contributed by atoms with van der Waals surface area (Å²) < 4.78 is 0. The lowest BCUT2D eigenvalue weighted by Gasteiger charge is -2.42. The van der Waals surface area contributed by atoms with Crippen molar-refractivity contribution >= 4 is 0 Å². The molecule has 0 amide bonds. The van der Waals surface area contributed by atoms with E-state index in [1.807, 2.05) is 0 Å². The second-order valence-corrected chi connectivity index (χ2v) is 5.24. The number of rotatable bonds is 4. The highest BCUT2D eigenvalue weighted by Gasteiger charge is 2.33. The van der Waals surface area contributed by atoms with Crippen LogP contribution in [-0.2, 0) is 0 Å². The Hall–Kier alpha value is -0.0800. The molecule has 0 aromatic carbocycles. The zero-order chi connectivity index (χ0) is 10.6. The Morgan fingerprint density at radius 2 is 1.86 bits per heavy atom. The van der Waals surface area contributed by atoms with Gasteiger partial charge in [-0.1, -0.05) is 20.8 Å². The van der Waals surface area contributed by atoms with Crippen molar-refractivity contribution in [1.29, 1.82) is 0 Å². The molecule has 0 radical (unpaired) electrons. The molecule has 1 aliphatic heterocycles. The normalized spacial score (nSPS) is 22.9. The lowest BCUT2D eigenvalue weighted by atomic mass is 9.73. The Balaban J connectivity index is 2.48. The third-order valence-electron chi connectivity index (χ3n) is 3.64. The first kappa shape index (κ1) is 12.0. The van der Waals surface area contributed by atoms with E-state index in [1.165, 1.54) is 38.9 Å². The molecule has 1 heterocycles. The Morgan fingerprint density at radius 1 is 1.29 bits per heavy atom. The molecule has 0 aromatic heterocycles. The third kappa shape index (κ3) is 2.96. The van der Waals surface area contributed by atoms with Crippen LogP contribution in [0.3, 0.4) is 0 Å². The average molecular weight is 198 g/mol. The molecule has 0 aliphatic carbocycles. The summed E-state index contributed by atoms with van der Waals surface area (Å²) in [5.41, 5.74) is 6.41. The summed E-state index contributed by atoms with van der Waals surface area (Å²) in [6.07, 6.45) is 3.91. The van der Waals surface area contributed by atoms with Crippen molar-refractivity contribution in [2.45, 2.75) is 40.0 Å². The van der Waals surface area contributed by atoms with Crippen LogP contribution in [0.15, 0.2) is 0 Å².